The van der Waals surface area contributed by atoms with Crippen LogP contribution in [0.2, 0.25) is 0 Å². The molecule has 0 aromatic heterocycles. The molecule has 0 bridgehead atoms. The Hall–Kier alpha value is -0.0800. The van der Waals surface area contributed by atoms with E-state index in [9.17, 15) is 0 Å². The maximum Gasteiger partial charge on any atom is 0.0108 e. The van der Waals surface area contributed by atoms with E-state index in [4.69, 9.17) is 5.73 Å². The second kappa shape index (κ2) is 8.08. The van der Waals surface area contributed by atoms with Crippen LogP contribution in [-0.2, 0) is 0 Å². The fraction of sp³-hybridized carbons (Fsp3) is 1.00. The zero-order chi connectivity index (χ0) is 11.8. The molecule has 2 unspecified atom stereocenters. The molecular formula is C14H30N2. The van der Waals surface area contributed by atoms with Gasteiger partial charge < -0.3 is 5.73 Å². The van der Waals surface area contributed by atoms with Gasteiger partial charge in [0.15, 0.2) is 0 Å². The van der Waals surface area contributed by atoms with Crippen molar-refractivity contribution >= 4 is 0 Å². The van der Waals surface area contributed by atoms with E-state index in [1.54, 1.807) is 0 Å². The van der Waals surface area contributed by atoms with Gasteiger partial charge >= 0.3 is 0 Å². The van der Waals surface area contributed by atoms with Crippen LogP contribution in [-0.4, -0.2) is 30.6 Å². The first-order chi connectivity index (χ1) is 7.81. The lowest BCUT2D eigenvalue weighted by molar-refractivity contribution is 0.129. The molecule has 0 heterocycles. The molecule has 0 aromatic rings. The minimum Gasteiger partial charge on any atom is -0.329 e. The maximum atomic E-state index is 5.73. The summed E-state index contributed by atoms with van der Waals surface area (Å²) in [4.78, 5) is 2.66. The molecule has 0 radical (unpaired) electrons. The molecule has 1 fully saturated rings. The lowest BCUT2D eigenvalue weighted by Crippen LogP contribution is -2.42. The highest BCUT2D eigenvalue weighted by atomic mass is 15.2. The lowest BCUT2D eigenvalue weighted by Gasteiger charge is -2.37. The average Bonchev–Trinajstić information content (AvgIpc) is 2.34. The van der Waals surface area contributed by atoms with Gasteiger partial charge in [-0.1, -0.05) is 39.5 Å². The molecule has 96 valence electrons. The van der Waals surface area contributed by atoms with Crippen molar-refractivity contribution in [1.29, 1.82) is 0 Å². The lowest BCUT2D eigenvalue weighted by atomic mass is 9.83. The molecule has 0 saturated heterocycles. The summed E-state index contributed by atoms with van der Waals surface area (Å²) in [5.74, 6) is 0.973. The Labute approximate surface area is 102 Å². The minimum atomic E-state index is 0.816. The van der Waals surface area contributed by atoms with Crippen molar-refractivity contribution in [3.63, 3.8) is 0 Å². The summed E-state index contributed by atoms with van der Waals surface area (Å²) in [5.41, 5.74) is 5.73. The van der Waals surface area contributed by atoms with E-state index in [2.05, 4.69) is 18.7 Å². The van der Waals surface area contributed by atoms with Crippen LogP contribution in [0.25, 0.3) is 0 Å². The quantitative estimate of drug-likeness (QED) is 0.723. The SMILES string of the molecule is CCCCN(CCN)C1CCCC(CC)C1. The average molecular weight is 226 g/mol. The molecule has 2 heteroatoms. The van der Waals surface area contributed by atoms with Crippen molar-refractivity contribution in [2.75, 3.05) is 19.6 Å². The topological polar surface area (TPSA) is 29.3 Å². The zero-order valence-electron chi connectivity index (χ0n) is 11.3. The molecule has 0 spiro atoms. The Kier molecular flexibility index (Phi) is 7.06. The largest absolute Gasteiger partial charge is 0.329 e. The molecule has 1 aliphatic carbocycles. The van der Waals surface area contributed by atoms with Gasteiger partial charge in [0, 0.05) is 19.1 Å². The van der Waals surface area contributed by atoms with E-state index in [-0.39, 0.29) is 0 Å². The Balaban J connectivity index is 2.41. The second-order valence-corrected chi connectivity index (χ2v) is 5.27. The molecule has 1 saturated carbocycles. The number of hydrogen-bond donors (Lipinski definition) is 1. The monoisotopic (exact) mass is 226 g/mol. The van der Waals surface area contributed by atoms with Crippen LogP contribution in [0.1, 0.15) is 58.8 Å². The van der Waals surface area contributed by atoms with Crippen molar-refractivity contribution in [3.8, 4) is 0 Å². The zero-order valence-corrected chi connectivity index (χ0v) is 11.3. The Morgan fingerprint density at radius 2 is 2.00 bits per heavy atom. The minimum absolute atomic E-state index is 0.816. The van der Waals surface area contributed by atoms with Gasteiger partial charge in [-0.05, 0) is 31.7 Å². The molecule has 0 amide bonds. The van der Waals surface area contributed by atoms with Crippen molar-refractivity contribution in [1.82, 2.24) is 4.90 Å². The molecule has 2 nitrogen and oxygen atoms in total. The first-order valence-electron chi connectivity index (χ1n) is 7.25. The van der Waals surface area contributed by atoms with E-state index in [1.807, 2.05) is 0 Å². The predicted octanol–water partition coefficient (Wildman–Crippen LogP) is 3.02. The number of nitrogens with two attached hydrogens (primary N) is 1. The third kappa shape index (κ3) is 4.42. The Morgan fingerprint density at radius 1 is 1.19 bits per heavy atom. The Morgan fingerprint density at radius 3 is 2.62 bits per heavy atom. The van der Waals surface area contributed by atoms with Crippen LogP contribution >= 0.6 is 0 Å². The van der Waals surface area contributed by atoms with Crippen LogP contribution in [0.15, 0.2) is 0 Å². The fourth-order valence-electron chi connectivity index (χ4n) is 2.97. The first-order valence-corrected chi connectivity index (χ1v) is 7.25. The third-order valence-corrected chi connectivity index (χ3v) is 4.06. The highest BCUT2D eigenvalue weighted by molar-refractivity contribution is 4.80. The Bertz CT molecular complexity index is 168. The highest BCUT2D eigenvalue weighted by Gasteiger charge is 2.24. The normalized spacial score (nSPS) is 26.2. The second-order valence-electron chi connectivity index (χ2n) is 5.27. The number of rotatable bonds is 7. The summed E-state index contributed by atoms with van der Waals surface area (Å²) in [5, 5.41) is 0. The van der Waals surface area contributed by atoms with Crippen molar-refractivity contribution < 1.29 is 0 Å². The van der Waals surface area contributed by atoms with E-state index in [1.165, 1.54) is 51.5 Å². The summed E-state index contributed by atoms with van der Waals surface area (Å²) in [6.07, 6.45) is 9.69. The van der Waals surface area contributed by atoms with Gasteiger partial charge in [0.2, 0.25) is 0 Å². The summed E-state index contributed by atoms with van der Waals surface area (Å²) in [6.45, 7) is 7.79. The van der Waals surface area contributed by atoms with Crippen molar-refractivity contribution in [2.24, 2.45) is 11.7 Å². The van der Waals surface area contributed by atoms with Gasteiger partial charge in [-0.3, -0.25) is 4.90 Å². The maximum absolute atomic E-state index is 5.73. The summed E-state index contributed by atoms with van der Waals surface area (Å²) in [7, 11) is 0. The third-order valence-electron chi connectivity index (χ3n) is 4.06. The van der Waals surface area contributed by atoms with E-state index >= 15 is 0 Å². The van der Waals surface area contributed by atoms with Crippen LogP contribution < -0.4 is 5.73 Å². The van der Waals surface area contributed by atoms with Crippen LogP contribution in [0.4, 0.5) is 0 Å². The van der Waals surface area contributed by atoms with E-state index < -0.39 is 0 Å². The molecule has 2 N–H and O–H groups in total. The number of nitrogens with zero attached hydrogens (tertiary/aromatic N) is 1. The van der Waals surface area contributed by atoms with Crippen LogP contribution in [0.3, 0.4) is 0 Å². The van der Waals surface area contributed by atoms with Gasteiger partial charge in [-0.25, -0.2) is 0 Å². The van der Waals surface area contributed by atoms with E-state index in [0.717, 1.165) is 25.0 Å². The van der Waals surface area contributed by atoms with Crippen LogP contribution in [0, 0.1) is 5.92 Å². The smallest absolute Gasteiger partial charge is 0.0108 e. The van der Waals surface area contributed by atoms with E-state index in [0.29, 0.717) is 0 Å². The van der Waals surface area contributed by atoms with Gasteiger partial charge in [-0.2, -0.15) is 0 Å². The van der Waals surface area contributed by atoms with Crippen molar-refractivity contribution in [3.05, 3.63) is 0 Å². The number of hydrogen-bond acceptors (Lipinski definition) is 2. The highest BCUT2D eigenvalue weighted by Crippen LogP contribution is 2.29. The van der Waals surface area contributed by atoms with Gasteiger partial charge in [-0.15, -0.1) is 0 Å². The summed E-state index contributed by atoms with van der Waals surface area (Å²) >= 11 is 0. The molecular weight excluding hydrogens is 196 g/mol. The summed E-state index contributed by atoms with van der Waals surface area (Å²) in [6, 6.07) is 0.828. The molecule has 2 atom stereocenters. The van der Waals surface area contributed by atoms with Gasteiger partial charge in [0.05, 0.1) is 0 Å². The molecule has 0 aromatic carbocycles. The standard InChI is InChI=1S/C14H30N2/c1-3-5-10-16(11-9-15)14-8-6-7-13(4-2)12-14/h13-14H,3-12,15H2,1-2H3. The van der Waals surface area contributed by atoms with Crippen LogP contribution in [0.5, 0.6) is 0 Å². The molecule has 1 aliphatic rings. The predicted molar refractivity (Wildman–Crippen MR) is 71.6 cm³/mol. The first kappa shape index (κ1) is 14.0. The molecule has 16 heavy (non-hydrogen) atoms. The van der Waals surface area contributed by atoms with Gasteiger partial charge in [0.1, 0.15) is 0 Å². The van der Waals surface area contributed by atoms with Crippen molar-refractivity contribution in [2.45, 2.75) is 64.8 Å². The summed E-state index contributed by atoms with van der Waals surface area (Å²) < 4.78 is 0. The molecule has 0 aliphatic heterocycles. The fourth-order valence-corrected chi connectivity index (χ4v) is 2.97. The number of unbranched alkanes of at least 4 members (excludes halogenated alkanes) is 1. The molecule has 1 rings (SSSR count). The van der Waals surface area contributed by atoms with Gasteiger partial charge in [0.25, 0.3) is 0 Å².